The van der Waals surface area contributed by atoms with Gasteiger partial charge in [0.1, 0.15) is 5.60 Å². The van der Waals surface area contributed by atoms with Crippen molar-refractivity contribution in [1.29, 1.82) is 0 Å². The van der Waals surface area contributed by atoms with Gasteiger partial charge in [-0.25, -0.2) is 9.59 Å². The Morgan fingerprint density at radius 2 is 2.05 bits per heavy atom. The summed E-state index contributed by atoms with van der Waals surface area (Å²) in [6, 6.07) is 3.65. The standard InChI is InChI=1S/C14H23N3O3S/c1-14(2,3)20-13(19)17(4)8-7-15-12(18)16-10-11-6-5-9-21-11/h5-6,9H,7-8,10H2,1-4H3,(H2,15,16,18). The Bertz CT molecular complexity index is 455. The number of carbonyl (C=O) groups excluding carboxylic acids is 2. The topological polar surface area (TPSA) is 70.7 Å². The first-order valence-electron chi connectivity index (χ1n) is 6.76. The van der Waals surface area contributed by atoms with E-state index in [0.717, 1.165) is 4.88 Å². The number of ether oxygens (including phenoxy) is 1. The van der Waals surface area contributed by atoms with Gasteiger partial charge in [0.25, 0.3) is 0 Å². The Kier molecular flexibility index (Phi) is 6.48. The van der Waals surface area contributed by atoms with E-state index in [4.69, 9.17) is 4.74 Å². The van der Waals surface area contributed by atoms with Crippen LogP contribution in [0.15, 0.2) is 17.5 Å². The van der Waals surface area contributed by atoms with Crippen LogP contribution in [0.2, 0.25) is 0 Å². The third-order valence-electron chi connectivity index (χ3n) is 2.44. The van der Waals surface area contributed by atoms with Gasteiger partial charge in [0, 0.05) is 25.0 Å². The Morgan fingerprint density at radius 1 is 1.33 bits per heavy atom. The highest BCUT2D eigenvalue weighted by atomic mass is 32.1. The summed E-state index contributed by atoms with van der Waals surface area (Å²) in [6.07, 6.45) is -0.400. The molecule has 1 aromatic heterocycles. The van der Waals surface area contributed by atoms with Crippen LogP contribution in [0.3, 0.4) is 0 Å². The summed E-state index contributed by atoms with van der Waals surface area (Å²) in [5.74, 6) is 0. The molecule has 0 aromatic carbocycles. The molecule has 0 radical (unpaired) electrons. The van der Waals surface area contributed by atoms with Crippen LogP contribution in [0.1, 0.15) is 25.6 Å². The van der Waals surface area contributed by atoms with E-state index in [1.807, 2.05) is 38.3 Å². The van der Waals surface area contributed by atoms with Crippen molar-refractivity contribution in [2.24, 2.45) is 0 Å². The van der Waals surface area contributed by atoms with Gasteiger partial charge in [-0.2, -0.15) is 0 Å². The van der Waals surface area contributed by atoms with Gasteiger partial charge in [0.2, 0.25) is 0 Å². The van der Waals surface area contributed by atoms with Gasteiger partial charge in [0.15, 0.2) is 0 Å². The molecule has 0 saturated heterocycles. The molecule has 0 aliphatic heterocycles. The molecule has 0 saturated carbocycles. The summed E-state index contributed by atoms with van der Waals surface area (Å²) in [6.45, 7) is 6.71. The van der Waals surface area contributed by atoms with E-state index in [-0.39, 0.29) is 6.03 Å². The Balaban J connectivity index is 2.17. The van der Waals surface area contributed by atoms with Gasteiger partial charge >= 0.3 is 12.1 Å². The normalized spacial score (nSPS) is 10.9. The molecule has 1 aromatic rings. The van der Waals surface area contributed by atoms with E-state index in [9.17, 15) is 9.59 Å². The van der Waals surface area contributed by atoms with E-state index in [2.05, 4.69) is 10.6 Å². The molecular weight excluding hydrogens is 290 g/mol. The molecule has 6 nitrogen and oxygen atoms in total. The van der Waals surface area contributed by atoms with Crippen molar-refractivity contribution >= 4 is 23.5 Å². The van der Waals surface area contributed by atoms with Gasteiger partial charge in [-0.15, -0.1) is 11.3 Å². The first-order chi connectivity index (χ1) is 9.78. The highest BCUT2D eigenvalue weighted by molar-refractivity contribution is 7.09. The number of rotatable bonds is 5. The number of urea groups is 1. The molecule has 118 valence electrons. The third-order valence-corrected chi connectivity index (χ3v) is 3.32. The molecule has 0 atom stereocenters. The molecule has 3 amide bonds. The Labute approximate surface area is 129 Å². The molecule has 0 bridgehead atoms. The Hall–Kier alpha value is -1.76. The van der Waals surface area contributed by atoms with E-state index in [0.29, 0.717) is 19.6 Å². The second-order valence-corrected chi connectivity index (χ2v) is 6.62. The van der Waals surface area contributed by atoms with Crippen LogP contribution in [-0.4, -0.2) is 42.8 Å². The zero-order valence-corrected chi connectivity index (χ0v) is 13.8. The number of hydrogen-bond acceptors (Lipinski definition) is 4. The maximum Gasteiger partial charge on any atom is 0.410 e. The molecule has 0 spiro atoms. The lowest BCUT2D eigenvalue weighted by Gasteiger charge is -2.24. The number of nitrogens with zero attached hydrogens (tertiary/aromatic N) is 1. The van der Waals surface area contributed by atoms with Crippen molar-refractivity contribution in [3.8, 4) is 0 Å². The fraction of sp³-hybridized carbons (Fsp3) is 0.571. The molecule has 1 rings (SSSR count). The number of amides is 3. The minimum atomic E-state index is -0.517. The largest absolute Gasteiger partial charge is 0.444 e. The second kappa shape index (κ2) is 7.87. The maximum absolute atomic E-state index is 11.7. The number of nitrogens with one attached hydrogen (secondary N) is 2. The predicted octanol–water partition coefficient (Wildman–Crippen LogP) is 2.41. The predicted molar refractivity (Wildman–Crippen MR) is 83.4 cm³/mol. The van der Waals surface area contributed by atoms with Crippen molar-refractivity contribution in [2.75, 3.05) is 20.1 Å². The van der Waals surface area contributed by atoms with Crippen molar-refractivity contribution in [3.05, 3.63) is 22.4 Å². The summed E-state index contributed by atoms with van der Waals surface area (Å²) in [5.41, 5.74) is -0.517. The van der Waals surface area contributed by atoms with Crippen LogP contribution in [-0.2, 0) is 11.3 Å². The van der Waals surface area contributed by atoms with Crippen LogP contribution >= 0.6 is 11.3 Å². The fourth-order valence-electron chi connectivity index (χ4n) is 1.41. The molecule has 0 unspecified atom stereocenters. The minimum absolute atomic E-state index is 0.249. The van der Waals surface area contributed by atoms with Crippen LogP contribution < -0.4 is 10.6 Å². The molecule has 1 heterocycles. The quantitative estimate of drug-likeness (QED) is 0.877. The van der Waals surface area contributed by atoms with Gasteiger partial charge in [-0.3, -0.25) is 0 Å². The van der Waals surface area contributed by atoms with Gasteiger partial charge < -0.3 is 20.3 Å². The summed E-state index contributed by atoms with van der Waals surface area (Å²) < 4.78 is 5.21. The lowest BCUT2D eigenvalue weighted by molar-refractivity contribution is 0.0301. The minimum Gasteiger partial charge on any atom is -0.444 e. The Morgan fingerprint density at radius 3 is 2.62 bits per heavy atom. The zero-order chi connectivity index (χ0) is 15.9. The van der Waals surface area contributed by atoms with Crippen LogP contribution in [0.25, 0.3) is 0 Å². The summed E-state index contributed by atoms with van der Waals surface area (Å²) >= 11 is 1.59. The molecule has 7 heteroatoms. The van der Waals surface area contributed by atoms with E-state index in [1.54, 1.807) is 18.4 Å². The van der Waals surface area contributed by atoms with Crippen LogP contribution in [0, 0.1) is 0 Å². The molecule has 0 fully saturated rings. The molecule has 0 aliphatic carbocycles. The lowest BCUT2D eigenvalue weighted by atomic mass is 10.2. The molecule has 2 N–H and O–H groups in total. The van der Waals surface area contributed by atoms with E-state index < -0.39 is 11.7 Å². The second-order valence-electron chi connectivity index (χ2n) is 5.59. The molecule has 0 aliphatic rings. The van der Waals surface area contributed by atoms with Gasteiger partial charge in [-0.1, -0.05) is 6.07 Å². The number of carbonyl (C=O) groups is 2. The number of likely N-dealkylation sites (N-methyl/N-ethyl adjacent to an activating group) is 1. The monoisotopic (exact) mass is 313 g/mol. The van der Waals surface area contributed by atoms with Gasteiger partial charge in [-0.05, 0) is 32.2 Å². The highest BCUT2D eigenvalue weighted by Gasteiger charge is 2.19. The third kappa shape index (κ3) is 7.55. The first kappa shape index (κ1) is 17.3. The van der Waals surface area contributed by atoms with E-state index in [1.165, 1.54) is 4.90 Å². The van der Waals surface area contributed by atoms with E-state index >= 15 is 0 Å². The van der Waals surface area contributed by atoms with Gasteiger partial charge in [0.05, 0.1) is 6.54 Å². The summed E-state index contributed by atoms with van der Waals surface area (Å²) in [5, 5.41) is 7.41. The highest BCUT2D eigenvalue weighted by Crippen LogP contribution is 2.08. The first-order valence-corrected chi connectivity index (χ1v) is 7.64. The van der Waals surface area contributed by atoms with Crippen molar-refractivity contribution in [2.45, 2.75) is 32.9 Å². The van der Waals surface area contributed by atoms with Crippen LogP contribution in [0.4, 0.5) is 9.59 Å². The van der Waals surface area contributed by atoms with Crippen LogP contribution in [0.5, 0.6) is 0 Å². The summed E-state index contributed by atoms with van der Waals surface area (Å²) in [7, 11) is 1.64. The maximum atomic E-state index is 11.7. The molecular formula is C14H23N3O3S. The average molecular weight is 313 g/mol. The number of thiophene rings is 1. The lowest BCUT2D eigenvalue weighted by Crippen LogP contribution is -2.42. The zero-order valence-electron chi connectivity index (χ0n) is 12.9. The SMILES string of the molecule is CN(CCNC(=O)NCc1cccs1)C(=O)OC(C)(C)C. The smallest absolute Gasteiger partial charge is 0.410 e. The molecule has 21 heavy (non-hydrogen) atoms. The van der Waals surface area contributed by atoms with Crippen molar-refractivity contribution in [1.82, 2.24) is 15.5 Å². The fourth-order valence-corrected chi connectivity index (χ4v) is 2.06. The number of hydrogen-bond donors (Lipinski definition) is 2. The summed E-state index contributed by atoms with van der Waals surface area (Å²) in [4.78, 5) is 25.8. The average Bonchev–Trinajstić information content (AvgIpc) is 2.87. The van der Waals surface area contributed by atoms with Crippen molar-refractivity contribution < 1.29 is 14.3 Å². The van der Waals surface area contributed by atoms with Crippen molar-refractivity contribution in [3.63, 3.8) is 0 Å².